The molecule has 1 heterocycles. The van der Waals surface area contributed by atoms with Gasteiger partial charge in [0.15, 0.2) is 15.4 Å². The van der Waals surface area contributed by atoms with Crippen molar-refractivity contribution in [1.29, 1.82) is 0 Å². The predicted molar refractivity (Wildman–Crippen MR) is 134 cm³/mol. The number of ether oxygens (including phenoxy) is 1. The van der Waals surface area contributed by atoms with Crippen LogP contribution in [0.25, 0.3) is 0 Å². The third kappa shape index (κ3) is 5.22. The van der Waals surface area contributed by atoms with Crippen LogP contribution in [-0.4, -0.2) is 25.1 Å². The molecule has 6 heteroatoms. The molecule has 0 saturated heterocycles. The van der Waals surface area contributed by atoms with Crippen molar-refractivity contribution in [3.63, 3.8) is 0 Å². The summed E-state index contributed by atoms with van der Waals surface area (Å²) in [7, 11) is -3.52. The first-order valence-electron chi connectivity index (χ1n) is 12.0. The molecule has 3 rings (SSSR count). The van der Waals surface area contributed by atoms with E-state index in [0.29, 0.717) is 18.4 Å². The van der Waals surface area contributed by atoms with Gasteiger partial charge in [-0.05, 0) is 41.5 Å². The molecule has 0 amide bonds. The van der Waals surface area contributed by atoms with Crippen LogP contribution in [0.15, 0.2) is 70.8 Å². The molecule has 0 spiro atoms. The Hall–Kier alpha value is -2.60. The molecule has 1 atom stereocenters. The molecule has 34 heavy (non-hydrogen) atoms. The summed E-state index contributed by atoms with van der Waals surface area (Å²) in [5.74, 6) is -1.05. The third-order valence-corrected chi connectivity index (χ3v) is 8.10. The molecule has 5 nitrogen and oxygen atoms in total. The van der Waals surface area contributed by atoms with Gasteiger partial charge in [-0.25, -0.2) is 13.2 Å². The zero-order valence-electron chi connectivity index (χ0n) is 20.8. The van der Waals surface area contributed by atoms with Crippen LogP contribution in [0.1, 0.15) is 77.3 Å². The van der Waals surface area contributed by atoms with E-state index in [2.05, 4.69) is 0 Å². The zero-order valence-corrected chi connectivity index (χ0v) is 21.6. The van der Waals surface area contributed by atoms with Crippen LogP contribution in [0.3, 0.4) is 0 Å². The molecule has 184 valence electrons. The molecule has 0 saturated carbocycles. The topological polar surface area (TPSA) is 80.7 Å². The van der Waals surface area contributed by atoms with E-state index in [1.165, 1.54) is 0 Å². The summed E-state index contributed by atoms with van der Waals surface area (Å²) in [6.45, 7) is 10.1. The average Bonchev–Trinajstić information content (AvgIpc) is 2.98. The fourth-order valence-corrected chi connectivity index (χ4v) is 6.40. The summed E-state index contributed by atoms with van der Waals surface area (Å²) in [6.07, 6.45) is 2.68. The lowest BCUT2D eigenvalue weighted by molar-refractivity contribution is -0.150. The highest BCUT2D eigenvalue weighted by Gasteiger charge is 2.51. The van der Waals surface area contributed by atoms with Gasteiger partial charge >= 0.3 is 5.97 Å². The molecule has 1 unspecified atom stereocenters. The van der Waals surface area contributed by atoms with Gasteiger partial charge in [-0.2, -0.15) is 0 Å². The Kier molecular flexibility index (Phi) is 7.61. The van der Waals surface area contributed by atoms with Gasteiger partial charge in [0.2, 0.25) is 0 Å². The van der Waals surface area contributed by atoms with E-state index < -0.39 is 32.7 Å². The van der Waals surface area contributed by atoms with Crippen molar-refractivity contribution >= 4 is 15.8 Å². The first kappa shape index (κ1) is 26.0. The quantitative estimate of drug-likeness (QED) is 0.411. The van der Waals surface area contributed by atoms with E-state index in [1.807, 2.05) is 52.8 Å². The Balaban J connectivity index is 2.07. The van der Waals surface area contributed by atoms with Gasteiger partial charge in [0.05, 0.1) is 16.2 Å². The number of benzene rings is 2. The Morgan fingerprint density at radius 2 is 1.59 bits per heavy atom. The van der Waals surface area contributed by atoms with E-state index in [0.717, 1.165) is 18.4 Å². The maximum atomic E-state index is 13.2. The number of carbonyl (C=O) groups is 1. The maximum absolute atomic E-state index is 13.2. The maximum Gasteiger partial charge on any atom is 0.339 e. The highest BCUT2D eigenvalue weighted by molar-refractivity contribution is 7.90. The Bertz CT molecular complexity index is 1150. The van der Waals surface area contributed by atoms with Gasteiger partial charge in [-0.15, -0.1) is 0 Å². The second-order valence-corrected chi connectivity index (χ2v) is 12.3. The van der Waals surface area contributed by atoms with Crippen molar-refractivity contribution in [2.24, 2.45) is 5.41 Å². The van der Waals surface area contributed by atoms with Gasteiger partial charge in [0.1, 0.15) is 5.76 Å². The molecule has 1 aliphatic rings. The number of cyclic esters (lactones) is 1. The number of carbonyl (C=O) groups excluding carboxylic acids is 1. The van der Waals surface area contributed by atoms with Gasteiger partial charge in [-0.3, -0.25) is 0 Å². The van der Waals surface area contributed by atoms with Crippen molar-refractivity contribution in [2.75, 3.05) is 0 Å². The van der Waals surface area contributed by atoms with E-state index in [1.54, 1.807) is 36.4 Å². The second-order valence-electron chi connectivity index (χ2n) is 10.3. The lowest BCUT2D eigenvalue weighted by atomic mass is 9.71. The minimum absolute atomic E-state index is 0.0310. The van der Waals surface area contributed by atoms with Gasteiger partial charge in [0, 0.05) is 5.92 Å². The van der Waals surface area contributed by atoms with E-state index in [9.17, 15) is 18.3 Å². The van der Waals surface area contributed by atoms with Gasteiger partial charge < -0.3 is 9.84 Å². The molecule has 0 bridgehead atoms. The van der Waals surface area contributed by atoms with Crippen LogP contribution in [0.4, 0.5) is 0 Å². The average molecular weight is 485 g/mol. The third-order valence-electron chi connectivity index (χ3n) is 6.40. The SMILES string of the molecule is CCCC1(CCC)OC(=O)C(C(c2cccc(CS(=O)(=O)c3ccccc3)c2)C(C)(C)C)=C1O. The summed E-state index contributed by atoms with van der Waals surface area (Å²) < 4.78 is 31.8. The first-order valence-corrected chi connectivity index (χ1v) is 13.6. The number of hydrogen-bond acceptors (Lipinski definition) is 5. The van der Waals surface area contributed by atoms with E-state index in [4.69, 9.17) is 4.74 Å². The molecule has 2 aromatic rings. The number of aliphatic hydroxyl groups is 1. The highest BCUT2D eigenvalue weighted by Crippen LogP contribution is 2.49. The number of rotatable bonds is 9. The summed E-state index contributed by atoms with van der Waals surface area (Å²) in [4.78, 5) is 13.4. The molecular weight excluding hydrogens is 448 g/mol. The standard InChI is InChI=1S/C28H36O5S/c1-6-16-28(17-7-2)25(29)23(26(30)33-28)24(27(3,4)5)21-13-11-12-20(18-21)19-34(31,32)22-14-9-8-10-15-22/h8-15,18,24,29H,6-7,16-17,19H2,1-5H3. The zero-order chi connectivity index (χ0) is 25.1. The van der Waals surface area contributed by atoms with Crippen LogP contribution in [0, 0.1) is 5.41 Å². The Labute approximate surface area is 203 Å². The minimum Gasteiger partial charge on any atom is -0.507 e. The molecule has 1 aliphatic heterocycles. The van der Waals surface area contributed by atoms with Crippen LogP contribution < -0.4 is 0 Å². The predicted octanol–water partition coefficient (Wildman–Crippen LogP) is 6.50. The van der Waals surface area contributed by atoms with Crippen LogP contribution >= 0.6 is 0 Å². The number of sulfone groups is 1. The molecule has 0 aromatic heterocycles. The van der Waals surface area contributed by atoms with Crippen molar-refractivity contribution in [1.82, 2.24) is 0 Å². The van der Waals surface area contributed by atoms with Crippen LogP contribution in [0.5, 0.6) is 0 Å². The molecule has 0 aliphatic carbocycles. The lowest BCUT2D eigenvalue weighted by Crippen LogP contribution is -2.31. The normalized spacial score (nSPS) is 17.0. The first-order chi connectivity index (χ1) is 15.9. The van der Waals surface area contributed by atoms with E-state index >= 15 is 0 Å². The van der Waals surface area contributed by atoms with Crippen LogP contribution in [0.2, 0.25) is 0 Å². The molecule has 2 aromatic carbocycles. The van der Waals surface area contributed by atoms with Crippen molar-refractivity contribution in [2.45, 2.75) is 82.5 Å². The van der Waals surface area contributed by atoms with Crippen LogP contribution in [-0.2, 0) is 25.1 Å². The largest absolute Gasteiger partial charge is 0.507 e. The smallest absolute Gasteiger partial charge is 0.339 e. The summed E-state index contributed by atoms with van der Waals surface area (Å²) in [6, 6.07) is 15.7. The van der Waals surface area contributed by atoms with Crippen molar-refractivity contribution in [3.8, 4) is 0 Å². The molecular formula is C28H36O5S. The Morgan fingerprint density at radius 1 is 0.971 bits per heavy atom. The van der Waals surface area contributed by atoms with Gasteiger partial charge in [-0.1, -0.05) is 89.9 Å². The fraction of sp³-hybridized carbons (Fsp3) is 0.464. The number of hydrogen-bond donors (Lipinski definition) is 1. The fourth-order valence-electron chi connectivity index (χ4n) is 5.04. The second kappa shape index (κ2) is 9.95. The monoisotopic (exact) mass is 484 g/mol. The number of aliphatic hydroxyl groups excluding tert-OH is 1. The van der Waals surface area contributed by atoms with E-state index in [-0.39, 0.29) is 22.0 Å². The van der Waals surface area contributed by atoms with Crippen molar-refractivity contribution in [3.05, 3.63) is 77.1 Å². The molecule has 0 radical (unpaired) electrons. The summed E-state index contributed by atoms with van der Waals surface area (Å²) in [5, 5.41) is 11.4. The highest BCUT2D eigenvalue weighted by atomic mass is 32.2. The van der Waals surface area contributed by atoms with Gasteiger partial charge in [0.25, 0.3) is 0 Å². The summed E-state index contributed by atoms with van der Waals surface area (Å²) in [5.41, 5.74) is 0.310. The molecule has 0 fully saturated rings. The molecule has 1 N–H and O–H groups in total. The van der Waals surface area contributed by atoms with Crippen molar-refractivity contribution < 1.29 is 23.1 Å². The lowest BCUT2D eigenvalue weighted by Gasteiger charge is -2.31. The Morgan fingerprint density at radius 3 is 2.15 bits per heavy atom. The summed E-state index contributed by atoms with van der Waals surface area (Å²) >= 11 is 0. The number of esters is 1. The minimum atomic E-state index is -3.52.